The largest absolute Gasteiger partial charge is 0.444 e. The van der Waals surface area contributed by atoms with Crippen LogP contribution in [0.2, 0.25) is 0 Å². The smallest absolute Gasteiger partial charge is 0.410 e. The Hall–Kier alpha value is -0.810. The van der Waals surface area contributed by atoms with Gasteiger partial charge in [-0.25, -0.2) is 4.79 Å². The van der Waals surface area contributed by atoms with Gasteiger partial charge in [0.05, 0.1) is 6.10 Å². The highest BCUT2D eigenvalue weighted by atomic mass is 16.6. The predicted molar refractivity (Wildman–Crippen MR) is 82.4 cm³/mol. The highest BCUT2D eigenvalue weighted by molar-refractivity contribution is 5.68. The van der Waals surface area contributed by atoms with Crippen LogP contribution in [0.4, 0.5) is 4.79 Å². The standard InChI is InChI=1S/C16H30N2O3/c1-12-11-14(7-10-20-12)17-13-5-8-18(9-6-13)15(19)21-16(2,3)4/h12-14,17H,5-11H2,1-4H3. The lowest BCUT2D eigenvalue weighted by atomic mass is 9.99. The van der Waals surface area contributed by atoms with Crippen molar-refractivity contribution in [2.75, 3.05) is 19.7 Å². The summed E-state index contributed by atoms with van der Waals surface area (Å²) in [7, 11) is 0. The molecule has 0 aromatic heterocycles. The number of hydrogen-bond acceptors (Lipinski definition) is 4. The lowest BCUT2D eigenvalue weighted by Crippen LogP contribution is -2.50. The van der Waals surface area contributed by atoms with Gasteiger partial charge in [-0.1, -0.05) is 0 Å². The summed E-state index contributed by atoms with van der Waals surface area (Å²) in [6, 6.07) is 1.07. The lowest BCUT2D eigenvalue weighted by Gasteiger charge is -2.37. The van der Waals surface area contributed by atoms with E-state index in [4.69, 9.17) is 9.47 Å². The molecular formula is C16H30N2O3. The van der Waals surface area contributed by atoms with Gasteiger partial charge in [0.25, 0.3) is 0 Å². The summed E-state index contributed by atoms with van der Waals surface area (Å²) in [6.07, 6.45) is 4.37. The lowest BCUT2D eigenvalue weighted by molar-refractivity contribution is 0.00649. The molecule has 0 spiro atoms. The van der Waals surface area contributed by atoms with Crippen LogP contribution in [-0.2, 0) is 9.47 Å². The van der Waals surface area contributed by atoms with Crippen LogP contribution in [-0.4, -0.2) is 54.5 Å². The van der Waals surface area contributed by atoms with E-state index < -0.39 is 5.60 Å². The maximum atomic E-state index is 12.0. The van der Waals surface area contributed by atoms with Crippen molar-refractivity contribution in [1.82, 2.24) is 10.2 Å². The Morgan fingerprint density at radius 1 is 1.19 bits per heavy atom. The van der Waals surface area contributed by atoms with Crippen molar-refractivity contribution in [1.29, 1.82) is 0 Å². The first-order valence-corrected chi connectivity index (χ1v) is 8.19. The van der Waals surface area contributed by atoms with E-state index in [1.54, 1.807) is 0 Å². The van der Waals surface area contributed by atoms with E-state index in [1.165, 1.54) is 0 Å². The molecule has 1 amide bonds. The second kappa shape index (κ2) is 6.97. The summed E-state index contributed by atoms with van der Waals surface area (Å²) in [5, 5.41) is 3.74. The van der Waals surface area contributed by atoms with Gasteiger partial charge in [-0.05, 0) is 53.4 Å². The first kappa shape index (κ1) is 16.6. The molecule has 0 aromatic carbocycles. The molecule has 21 heavy (non-hydrogen) atoms. The minimum Gasteiger partial charge on any atom is -0.444 e. The molecule has 2 unspecified atom stereocenters. The van der Waals surface area contributed by atoms with Crippen LogP contribution in [0.5, 0.6) is 0 Å². The molecule has 0 saturated carbocycles. The van der Waals surface area contributed by atoms with Crippen LogP contribution in [0.1, 0.15) is 53.4 Å². The third-order valence-corrected chi connectivity index (χ3v) is 4.10. The van der Waals surface area contributed by atoms with E-state index in [2.05, 4.69) is 12.2 Å². The molecule has 2 rings (SSSR count). The number of ether oxygens (including phenoxy) is 2. The molecule has 122 valence electrons. The number of rotatable bonds is 2. The first-order chi connectivity index (χ1) is 9.83. The van der Waals surface area contributed by atoms with Crippen LogP contribution in [0.15, 0.2) is 0 Å². The molecule has 2 saturated heterocycles. The van der Waals surface area contributed by atoms with Crippen molar-refractivity contribution in [3.63, 3.8) is 0 Å². The van der Waals surface area contributed by atoms with Gasteiger partial charge < -0.3 is 19.7 Å². The third-order valence-electron chi connectivity index (χ3n) is 4.10. The Balaban J connectivity index is 1.71. The second-order valence-corrected chi connectivity index (χ2v) is 7.31. The Morgan fingerprint density at radius 2 is 1.86 bits per heavy atom. The van der Waals surface area contributed by atoms with Crippen molar-refractivity contribution in [3.8, 4) is 0 Å². The molecule has 2 heterocycles. The molecule has 5 nitrogen and oxygen atoms in total. The van der Waals surface area contributed by atoms with Gasteiger partial charge in [0.15, 0.2) is 0 Å². The number of hydrogen-bond donors (Lipinski definition) is 1. The second-order valence-electron chi connectivity index (χ2n) is 7.31. The fourth-order valence-corrected chi connectivity index (χ4v) is 3.04. The zero-order chi connectivity index (χ0) is 15.5. The number of amides is 1. The Kier molecular flexibility index (Phi) is 5.49. The summed E-state index contributed by atoms with van der Waals surface area (Å²) in [4.78, 5) is 13.8. The van der Waals surface area contributed by atoms with Gasteiger partial charge in [-0.2, -0.15) is 0 Å². The van der Waals surface area contributed by atoms with Crippen LogP contribution in [0, 0.1) is 0 Å². The van der Waals surface area contributed by atoms with Crippen molar-refractivity contribution in [3.05, 3.63) is 0 Å². The number of carbonyl (C=O) groups excluding carboxylic acids is 1. The van der Waals surface area contributed by atoms with Crippen molar-refractivity contribution < 1.29 is 14.3 Å². The van der Waals surface area contributed by atoms with Crippen LogP contribution >= 0.6 is 0 Å². The highest BCUT2D eigenvalue weighted by Gasteiger charge is 2.28. The topological polar surface area (TPSA) is 50.8 Å². The quantitative estimate of drug-likeness (QED) is 0.851. The summed E-state index contributed by atoms with van der Waals surface area (Å²) in [5.41, 5.74) is -0.412. The fourth-order valence-electron chi connectivity index (χ4n) is 3.04. The minimum absolute atomic E-state index is 0.180. The van der Waals surface area contributed by atoms with Crippen molar-refractivity contribution >= 4 is 6.09 Å². The van der Waals surface area contributed by atoms with E-state index in [1.807, 2.05) is 25.7 Å². The van der Waals surface area contributed by atoms with Crippen LogP contribution in [0.3, 0.4) is 0 Å². The average Bonchev–Trinajstić information content (AvgIpc) is 2.37. The number of nitrogens with zero attached hydrogens (tertiary/aromatic N) is 1. The summed E-state index contributed by atoms with van der Waals surface area (Å²) >= 11 is 0. The maximum Gasteiger partial charge on any atom is 0.410 e. The van der Waals surface area contributed by atoms with E-state index in [0.29, 0.717) is 18.2 Å². The molecule has 0 aliphatic carbocycles. The summed E-state index contributed by atoms with van der Waals surface area (Å²) < 4.78 is 11.0. The van der Waals surface area contributed by atoms with Crippen molar-refractivity contribution in [2.24, 2.45) is 0 Å². The summed E-state index contributed by atoms with van der Waals surface area (Å²) in [6.45, 7) is 10.3. The van der Waals surface area contributed by atoms with E-state index >= 15 is 0 Å². The Bertz CT molecular complexity index is 346. The fraction of sp³-hybridized carbons (Fsp3) is 0.938. The van der Waals surface area contributed by atoms with Crippen LogP contribution in [0.25, 0.3) is 0 Å². The molecule has 2 aliphatic heterocycles. The number of likely N-dealkylation sites (tertiary alicyclic amines) is 1. The SMILES string of the molecule is CC1CC(NC2CCN(C(=O)OC(C)(C)C)CC2)CCO1. The van der Waals surface area contributed by atoms with Gasteiger partial charge >= 0.3 is 6.09 Å². The zero-order valence-corrected chi connectivity index (χ0v) is 13.9. The van der Waals surface area contributed by atoms with E-state index in [0.717, 1.165) is 45.4 Å². The average molecular weight is 298 g/mol. The number of carbonyl (C=O) groups is 1. The number of piperidine rings is 1. The van der Waals surface area contributed by atoms with Gasteiger partial charge in [0, 0.05) is 31.8 Å². The van der Waals surface area contributed by atoms with Crippen LogP contribution < -0.4 is 5.32 Å². The normalized spacial score (nSPS) is 28.5. The maximum absolute atomic E-state index is 12.0. The minimum atomic E-state index is -0.412. The molecule has 0 bridgehead atoms. The van der Waals surface area contributed by atoms with Gasteiger partial charge in [-0.3, -0.25) is 0 Å². The third kappa shape index (κ3) is 5.47. The van der Waals surface area contributed by atoms with E-state index in [9.17, 15) is 4.79 Å². The molecule has 2 atom stereocenters. The van der Waals surface area contributed by atoms with Gasteiger partial charge in [-0.15, -0.1) is 0 Å². The molecule has 2 aliphatic rings. The van der Waals surface area contributed by atoms with Crippen molar-refractivity contribution in [2.45, 2.75) is 77.2 Å². The molecular weight excluding hydrogens is 268 g/mol. The molecule has 5 heteroatoms. The Morgan fingerprint density at radius 3 is 2.43 bits per heavy atom. The number of nitrogens with one attached hydrogen (secondary N) is 1. The monoisotopic (exact) mass is 298 g/mol. The molecule has 0 aromatic rings. The van der Waals surface area contributed by atoms with E-state index in [-0.39, 0.29) is 6.09 Å². The first-order valence-electron chi connectivity index (χ1n) is 8.19. The summed E-state index contributed by atoms with van der Waals surface area (Å²) in [5.74, 6) is 0. The van der Waals surface area contributed by atoms with Gasteiger partial charge in [0.1, 0.15) is 5.60 Å². The predicted octanol–water partition coefficient (Wildman–Crippen LogP) is 2.54. The zero-order valence-electron chi connectivity index (χ0n) is 13.9. The molecule has 2 fully saturated rings. The highest BCUT2D eigenvalue weighted by Crippen LogP contribution is 2.19. The van der Waals surface area contributed by atoms with Gasteiger partial charge in [0.2, 0.25) is 0 Å². The molecule has 0 radical (unpaired) electrons. The molecule has 1 N–H and O–H groups in total. The Labute approximate surface area is 128 Å².